The van der Waals surface area contributed by atoms with Crippen molar-refractivity contribution in [2.24, 2.45) is 0 Å². The Morgan fingerprint density at radius 1 is 1.22 bits per heavy atom. The zero-order valence-corrected chi connectivity index (χ0v) is 14.1. The minimum absolute atomic E-state index is 0.0103. The van der Waals surface area contributed by atoms with E-state index in [1.165, 1.54) is 0 Å². The maximum Gasteiger partial charge on any atom is 0.232 e. The summed E-state index contributed by atoms with van der Waals surface area (Å²) in [4.78, 5) is 6.57. The van der Waals surface area contributed by atoms with Crippen LogP contribution in [0.1, 0.15) is 32.5 Å². The second-order valence-electron chi connectivity index (χ2n) is 6.96. The van der Waals surface area contributed by atoms with Gasteiger partial charge in [-0.05, 0) is 19.2 Å². The van der Waals surface area contributed by atoms with Gasteiger partial charge in [0.15, 0.2) is 17.3 Å². The maximum atomic E-state index is 5.97. The average Bonchev–Trinajstić information content (AvgIpc) is 2.95. The first-order valence-electron chi connectivity index (χ1n) is 7.82. The van der Waals surface area contributed by atoms with Crippen LogP contribution in [0.15, 0.2) is 28.8 Å². The van der Waals surface area contributed by atoms with E-state index in [0.29, 0.717) is 24.9 Å². The number of hydrogen-bond donors (Lipinski definition) is 0. The first-order chi connectivity index (χ1) is 10.9. The molecule has 2 heterocycles. The van der Waals surface area contributed by atoms with Crippen molar-refractivity contribution in [2.75, 3.05) is 20.2 Å². The highest BCUT2D eigenvalue weighted by atomic mass is 16.6. The zero-order chi connectivity index (χ0) is 16.4. The molecule has 0 radical (unpaired) electrons. The van der Waals surface area contributed by atoms with Crippen molar-refractivity contribution in [3.8, 4) is 11.5 Å². The fraction of sp³-hybridized carbons (Fsp3) is 0.529. The number of fused-ring (bicyclic) bond motifs is 1. The SMILES string of the molecule is CN(Cc1noc(C(C)(C)C)n1)CC1COc2ccccc2O1. The van der Waals surface area contributed by atoms with Gasteiger partial charge in [0.25, 0.3) is 0 Å². The number of rotatable bonds is 4. The quantitative estimate of drug-likeness (QED) is 0.864. The van der Waals surface area contributed by atoms with Crippen molar-refractivity contribution in [3.63, 3.8) is 0 Å². The van der Waals surface area contributed by atoms with E-state index in [-0.39, 0.29) is 11.5 Å². The van der Waals surface area contributed by atoms with Gasteiger partial charge in [-0.3, -0.25) is 4.90 Å². The summed E-state index contributed by atoms with van der Waals surface area (Å²) in [7, 11) is 2.01. The molecule has 0 bridgehead atoms. The van der Waals surface area contributed by atoms with Gasteiger partial charge in [0.2, 0.25) is 5.89 Å². The van der Waals surface area contributed by atoms with Crippen LogP contribution in [0.25, 0.3) is 0 Å². The second-order valence-corrected chi connectivity index (χ2v) is 6.96. The Morgan fingerprint density at radius 3 is 2.65 bits per heavy atom. The van der Waals surface area contributed by atoms with Gasteiger partial charge in [-0.2, -0.15) is 4.98 Å². The molecule has 6 nitrogen and oxygen atoms in total. The highest BCUT2D eigenvalue weighted by molar-refractivity contribution is 5.40. The number of benzene rings is 1. The number of likely N-dealkylation sites (N-methyl/N-ethyl adjacent to an activating group) is 1. The van der Waals surface area contributed by atoms with Crippen LogP contribution in [-0.4, -0.2) is 41.3 Å². The molecule has 1 atom stereocenters. The molecule has 1 unspecified atom stereocenters. The second kappa shape index (κ2) is 6.20. The molecule has 0 aliphatic carbocycles. The Morgan fingerprint density at radius 2 is 1.96 bits per heavy atom. The molecule has 1 aliphatic heterocycles. The molecule has 1 aromatic heterocycles. The lowest BCUT2D eigenvalue weighted by molar-refractivity contribution is 0.0630. The maximum absolute atomic E-state index is 5.97. The number of ether oxygens (including phenoxy) is 2. The van der Waals surface area contributed by atoms with Crippen molar-refractivity contribution < 1.29 is 14.0 Å². The van der Waals surface area contributed by atoms with Crippen LogP contribution >= 0.6 is 0 Å². The summed E-state index contributed by atoms with van der Waals surface area (Å²) in [5.74, 6) is 2.95. The summed E-state index contributed by atoms with van der Waals surface area (Å²) in [6, 6.07) is 7.73. The van der Waals surface area contributed by atoms with Gasteiger partial charge in [0.05, 0.1) is 6.54 Å². The van der Waals surface area contributed by atoms with E-state index >= 15 is 0 Å². The molecule has 3 rings (SSSR count). The largest absolute Gasteiger partial charge is 0.486 e. The molecule has 0 spiro atoms. The Hall–Kier alpha value is -2.08. The first kappa shape index (κ1) is 15.8. The molecule has 2 aromatic rings. The summed E-state index contributed by atoms with van der Waals surface area (Å²) in [5, 5.41) is 4.05. The molecular weight excluding hydrogens is 294 g/mol. The summed E-state index contributed by atoms with van der Waals surface area (Å²) in [5.41, 5.74) is -0.131. The molecule has 6 heteroatoms. The van der Waals surface area contributed by atoms with Crippen molar-refractivity contribution in [3.05, 3.63) is 36.0 Å². The topological polar surface area (TPSA) is 60.6 Å². The van der Waals surface area contributed by atoms with Crippen LogP contribution in [0.5, 0.6) is 11.5 Å². The molecule has 124 valence electrons. The highest BCUT2D eigenvalue weighted by Crippen LogP contribution is 2.31. The zero-order valence-electron chi connectivity index (χ0n) is 14.1. The lowest BCUT2D eigenvalue weighted by atomic mass is 9.97. The van der Waals surface area contributed by atoms with E-state index in [9.17, 15) is 0 Å². The van der Waals surface area contributed by atoms with Gasteiger partial charge < -0.3 is 14.0 Å². The minimum Gasteiger partial charge on any atom is -0.486 e. The first-order valence-corrected chi connectivity index (χ1v) is 7.82. The fourth-order valence-electron chi connectivity index (χ4n) is 2.43. The van der Waals surface area contributed by atoms with Gasteiger partial charge >= 0.3 is 0 Å². The van der Waals surface area contributed by atoms with Crippen molar-refractivity contribution in [1.29, 1.82) is 0 Å². The third-order valence-corrected chi connectivity index (χ3v) is 3.60. The van der Waals surface area contributed by atoms with Gasteiger partial charge in [-0.1, -0.05) is 38.1 Å². The van der Waals surface area contributed by atoms with Gasteiger partial charge in [0, 0.05) is 12.0 Å². The number of nitrogens with zero attached hydrogens (tertiary/aromatic N) is 3. The van der Waals surface area contributed by atoms with Crippen molar-refractivity contribution >= 4 is 0 Å². The minimum atomic E-state index is -0.131. The van der Waals surface area contributed by atoms with E-state index in [1.54, 1.807) is 0 Å². The molecule has 0 N–H and O–H groups in total. The van der Waals surface area contributed by atoms with Crippen LogP contribution in [0.3, 0.4) is 0 Å². The third-order valence-electron chi connectivity index (χ3n) is 3.60. The lowest BCUT2D eigenvalue weighted by Crippen LogP contribution is -2.39. The fourth-order valence-corrected chi connectivity index (χ4v) is 2.43. The van der Waals surface area contributed by atoms with Crippen LogP contribution in [0.4, 0.5) is 0 Å². The molecule has 23 heavy (non-hydrogen) atoms. The smallest absolute Gasteiger partial charge is 0.232 e. The van der Waals surface area contributed by atoms with Crippen LogP contribution < -0.4 is 9.47 Å². The van der Waals surface area contributed by atoms with Gasteiger partial charge in [-0.25, -0.2) is 0 Å². The van der Waals surface area contributed by atoms with E-state index < -0.39 is 0 Å². The molecule has 1 aromatic carbocycles. The Balaban J connectivity index is 1.56. The van der Waals surface area contributed by atoms with E-state index in [0.717, 1.165) is 18.0 Å². The predicted molar refractivity (Wildman–Crippen MR) is 85.7 cm³/mol. The van der Waals surface area contributed by atoms with E-state index in [4.69, 9.17) is 14.0 Å². The number of para-hydroxylation sites is 2. The van der Waals surface area contributed by atoms with E-state index in [1.807, 2.05) is 31.3 Å². The standard InChI is InChI=1S/C17H23N3O3/c1-17(2,3)16-18-15(19-23-16)10-20(4)9-12-11-21-13-7-5-6-8-14(13)22-12/h5-8,12H,9-11H2,1-4H3. The summed E-state index contributed by atoms with van der Waals surface area (Å²) in [6.45, 7) is 8.05. The molecule has 0 saturated heterocycles. The molecule has 1 aliphatic rings. The highest BCUT2D eigenvalue weighted by Gasteiger charge is 2.24. The Bertz CT molecular complexity index is 663. The lowest BCUT2D eigenvalue weighted by Gasteiger charge is -2.29. The number of aromatic nitrogens is 2. The molecular formula is C17H23N3O3. The predicted octanol–water partition coefficient (Wildman–Crippen LogP) is 2.64. The average molecular weight is 317 g/mol. The Kier molecular flexibility index (Phi) is 4.26. The normalized spacial score (nSPS) is 17.5. The molecule has 0 saturated carbocycles. The van der Waals surface area contributed by atoms with Crippen LogP contribution in [0, 0.1) is 0 Å². The van der Waals surface area contributed by atoms with Crippen LogP contribution in [0.2, 0.25) is 0 Å². The molecule has 0 fully saturated rings. The summed E-state index contributed by atoms with van der Waals surface area (Å²) in [6.07, 6.45) is -0.0103. The van der Waals surface area contributed by atoms with Crippen LogP contribution in [-0.2, 0) is 12.0 Å². The van der Waals surface area contributed by atoms with E-state index in [2.05, 4.69) is 35.8 Å². The summed E-state index contributed by atoms with van der Waals surface area (Å²) >= 11 is 0. The third kappa shape index (κ3) is 3.82. The summed E-state index contributed by atoms with van der Waals surface area (Å²) < 4.78 is 17.0. The van der Waals surface area contributed by atoms with Gasteiger partial charge in [0.1, 0.15) is 12.7 Å². The van der Waals surface area contributed by atoms with Gasteiger partial charge in [-0.15, -0.1) is 0 Å². The number of hydrogen-bond acceptors (Lipinski definition) is 6. The van der Waals surface area contributed by atoms with Crippen molar-refractivity contribution in [1.82, 2.24) is 15.0 Å². The van der Waals surface area contributed by atoms with Crippen molar-refractivity contribution in [2.45, 2.75) is 38.8 Å². The monoisotopic (exact) mass is 317 g/mol. The Labute approximate surface area is 136 Å². The molecule has 0 amide bonds.